The third kappa shape index (κ3) is 3.96. The number of nitrogens with zero attached hydrogens (tertiary/aromatic N) is 2. The molecule has 0 aliphatic carbocycles. The van der Waals surface area contributed by atoms with E-state index in [1.54, 1.807) is 0 Å². The normalized spacial score (nSPS) is 27.5. The Morgan fingerprint density at radius 3 is 2.96 bits per heavy atom. The van der Waals surface area contributed by atoms with Crippen LogP contribution in [0.1, 0.15) is 30.7 Å². The van der Waals surface area contributed by atoms with E-state index in [9.17, 15) is 0 Å². The summed E-state index contributed by atoms with van der Waals surface area (Å²) in [5.41, 5.74) is 2.12. The van der Waals surface area contributed by atoms with Crippen LogP contribution in [0.15, 0.2) is 18.2 Å². The van der Waals surface area contributed by atoms with Crippen LogP contribution in [0.2, 0.25) is 0 Å². The van der Waals surface area contributed by atoms with Crippen molar-refractivity contribution in [2.24, 2.45) is 5.92 Å². The highest BCUT2D eigenvalue weighted by Crippen LogP contribution is 2.46. The summed E-state index contributed by atoms with van der Waals surface area (Å²) >= 11 is 2.13. The Balaban J connectivity index is 1.20. The fraction of sp³-hybridized carbons (Fsp3) is 0.737. The highest BCUT2D eigenvalue weighted by atomic mass is 32.2. The minimum atomic E-state index is 0.391. The quantitative estimate of drug-likeness (QED) is 0.817. The van der Waals surface area contributed by atoms with Crippen molar-refractivity contribution < 1.29 is 9.47 Å². The number of aromatic nitrogens is 1. The highest BCUT2D eigenvalue weighted by molar-refractivity contribution is 8.01. The van der Waals surface area contributed by atoms with Crippen molar-refractivity contribution in [2.75, 3.05) is 38.6 Å². The van der Waals surface area contributed by atoms with Gasteiger partial charge in [-0.2, -0.15) is 0 Å². The monoisotopic (exact) mass is 348 g/mol. The molecule has 0 N–H and O–H groups in total. The van der Waals surface area contributed by atoms with E-state index in [1.807, 2.05) is 13.0 Å². The molecule has 1 aromatic heterocycles. The SMILES string of the molecule is Cc1cccc(COC2CSC3(C2)CN(CC2CCOCC2)C3)n1. The lowest BCUT2D eigenvalue weighted by molar-refractivity contribution is 0.0103. The number of thioether (sulfide) groups is 1. The van der Waals surface area contributed by atoms with E-state index in [-0.39, 0.29) is 0 Å². The molecule has 5 heteroatoms. The molecule has 132 valence electrons. The summed E-state index contributed by atoms with van der Waals surface area (Å²) in [4.78, 5) is 7.18. The van der Waals surface area contributed by atoms with Gasteiger partial charge in [0, 0.05) is 49.0 Å². The second-order valence-electron chi connectivity index (χ2n) is 7.63. The standard InChI is InChI=1S/C19H28N2O2S/c1-15-3-2-4-17(20-15)11-23-18-9-19(24-12-18)13-21(14-19)10-16-5-7-22-8-6-16/h2-4,16,18H,5-14H2,1H3. The van der Waals surface area contributed by atoms with Crippen molar-refractivity contribution in [1.82, 2.24) is 9.88 Å². The van der Waals surface area contributed by atoms with Crippen LogP contribution in [-0.4, -0.2) is 59.3 Å². The predicted octanol–water partition coefficient (Wildman–Crippen LogP) is 2.89. The first-order chi connectivity index (χ1) is 11.7. The average Bonchev–Trinajstić information content (AvgIpc) is 2.98. The number of likely N-dealkylation sites (tertiary alicyclic amines) is 1. The van der Waals surface area contributed by atoms with Crippen molar-refractivity contribution in [3.05, 3.63) is 29.6 Å². The average molecular weight is 349 g/mol. The van der Waals surface area contributed by atoms with Gasteiger partial charge >= 0.3 is 0 Å². The first-order valence-corrected chi connectivity index (χ1v) is 10.2. The Kier molecular flexibility index (Phi) is 5.13. The molecule has 1 aromatic rings. The Morgan fingerprint density at radius 1 is 1.33 bits per heavy atom. The number of hydrogen-bond acceptors (Lipinski definition) is 5. The van der Waals surface area contributed by atoms with Gasteiger partial charge in [-0.15, -0.1) is 11.8 Å². The molecule has 1 spiro atoms. The first-order valence-electron chi connectivity index (χ1n) is 9.19. The molecular weight excluding hydrogens is 320 g/mol. The number of aryl methyl sites for hydroxylation is 1. The van der Waals surface area contributed by atoms with E-state index in [0.717, 1.165) is 36.3 Å². The van der Waals surface area contributed by atoms with Crippen LogP contribution in [0.5, 0.6) is 0 Å². The van der Waals surface area contributed by atoms with Gasteiger partial charge in [-0.05, 0) is 44.2 Å². The van der Waals surface area contributed by atoms with Gasteiger partial charge in [-0.3, -0.25) is 4.98 Å². The van der Waals surface area contributed by atoms with Crippen molar-refractivity contribution in [1.29, 1.82) is 0 Å². The van der Waals surface area contributed by atoms with Crippen LogP contribution in [-0.2, 0) is 16.1 Å². The minimum Gasteiger partial charge on any atom is -0.381 e. The molecule has 4 heterocycles. The Labute approximate surface area is 149 Å². The summed E-state index contributed by atoms with van der Waals surface area (Å²) in [7, 11) is 0. The van der Waals surface area contributed by atoms with Crippen molar-refractivity contribution in [3.63, 3.8) is 0 Å². The summed E-state index contributed by atoms with van der Waals surface area (Å²) < 4.78 is 12.1. The minimum absolute atomic E-state index is 0.391. The van der Waals surface area contributed by atoms with Gasteiger partial charge in [0.05, 0.1) is 18.4 Å². The zero-order chi connectivity index (χ0) is 16.4. The molecule has 1 unspecified atom stereocenters. The van der Waals surface area contributed by atoms with Gasteiger partial charge in [0.25, 0.3) is 0 Å². The van der Waals surface area contributed by atoms with Gasteiger partial charge in [-0.25, -0.2) is 0 Å². The molecule has 4 nitrogen and oxygen atoms in total. The van der Waals surface area contributed by atoms with Crippen LogP contribution >= 0.6 is 11.8 Å². The fourth-order valence-electron chi connectivity index (χ4n) is 4.20. The van der Waals surface area contributed by atoms with E-state index in [4.69, 9.17) is 9.47 Å². The lowest BCUT2D eigenvalue weighted by Crippen LogP contribution is -2.59. The topological polar surface area (TPSA) is 34.6 Å². The molecular formula is C19H28N2O2S. The molecule has 0 bridgehead atoms. The molecule has 3 aliphatic rings. The van der Waals surface area contributed by atoms with Gasteiger partial charge in [0.15, 0.2) is 0 Å². The Morgan fingerprint density at radius 2 is 2.17 bits per heavy atom. The first kappa shape index (κ1) is 16.8. The fourth-order valence-corrected chi connectivity index (χ4v) is 5.81. The number of ether oxygens (including phenoxy) is 2. The summed E-state index contributed by atoms with van der Waals surface area (Å²) in [5.74, 6) is 1.98. The van der Waals surface area contributed by atoms with Gasteiger partial charge < -0.3 is 14.4 Å². The predicted molar refractivity (Wildman–Crippen MR) is 97.3 cm³/mol. The summed E-state index contributed by atoms with van der Waals surface area (Å²) in [6.45, 7) is 8.36. The number of hydrogen-bond donors (Lipinski definition) is 0. The summed E-state index contributed by atoms with van der Waals surface area (Å²) in [5, 5.41) is 0. The second kappa shape index (κ2) is 7.32. The van der Waals surface area contributed by atoms with Crippen molar-refractivity contribution in [3.8, 4) is 0 Å². The lowest BCUT2D eigenvalue weighted by atomic mass is 9.90. The molecule has 3 saturated heterocycles. The maximum atomic E-state index is 6.14. The largest absolute Gasteiger partial charge is 0.381 e. The molecule has 0 amide bonds. The van der Waals surface area contributed by atoms with Gasteiger partial charge in [-0.1, -0.05) is 6.07 Å². The maximum Gasteiger partial charge on any atom is 0.0892 e. The van der Waals surface area contributed by atoms with Crippen molar-refractivity contribution >= 4 is 11.8 Å². The highest BCUT2D eigenvalue weighted by Gasteiger charge is 2.49. The molecule has 4 rings (SSSR count). The maximum absolute atomic E-state index is 6.14. The van der Waals surface area contributed by atoms with Crippen LogP contribution in [0.3, 0.4) is 0 Å². The van der Waals surface area contributed by atoms with E-state index >= 15 is 0 Å². The Hall–Kier alpha value is -0.620. The smallest absolute Gasteiger partial charge is 0.0892 e. The van der Waals surface area contributed by atoms with Crippen LogP contribution in [0, 0.1) is 12.8 Å². The van der Waals surface area contributed by atoms with Gasteiger partial charge in [0.1, 0.15) is 0 Å². The van der Waals surface area contributed by atoms with Crippen LogP contribution < -0.4 is 0 Å². The molecule has 24 heavy (non-hydrogen) atoms. The Bertz CT molecular complexity index is 556. The van der Waals surface area contributed by atoms with E-state index in [1.165, 1.54) is 38.9 Å². The molecule has 0 radical (unpaired) electrons. The van der Waals surface area contributed by atoms with E-state index in [2.05, 4.69) is 33.8 Å². The molecule has 0 saturated carbocycles. The zero-order valence-electron chi connectivity index (χ0n) is 14.6. The van der Waals surface area contributed by atoms with Crippen LogP contribution in [0.25, 0.3) is 0 Å². The van der Waals surface area contributed by atoms with E-state index < -0.39 is 0 Å². The van der Waals surface area contributed by atoms with E-state index in [0.29, 0.717) is 17.5 Å². The van der Waals surface area contributed by atoms with Gasteiger partial charge in [0.2, 0.25) is 0 Å². The van der Waals surface area contributed by atoms with Crippen molar-refractivity contribution in [2.45, 2.75) is 43.6 Å². The summed E-state index contributed by atoms with van der Waals surface area (Å²) in [6.07, 6.45) is 4.08. The number of pyridine rings is 1. The number of rotatable bonds is 5. The van der Waals surface area contributed by atoms with Crippen LogP contribution in [0.4, 0.5) is 0 Å². The zero-order valence-corrected chi connectivity index (χ0v) is 15.4. The molecule has 3 aliphatic heterocycles. The summed E-state index contributed by atoms with van der Waals surface area (Å²) in [6, 6.07) is 6.15. The second-order valence-corrected chi connectivity index (χ2v) is 9.11. The molecule has 0 aromatic carbocycles. The third-order valence-electron chi connectivity index (χ3n) is 5.47. The third-order valence-corrected chi connectivity index (χ3v) is 7.04. The molecule has 1 atom stereocenters. The lowest BCUT2D eigenvalue weighted by Gasteiger charge is -2.49. The molecule has 3 fully saturated rings.